The lowest BCUT2D eigenvalue weighted by Gasteiger charge is -2.33. The SMILES string of the molecule is Cc1cc(O[C@@H](C)C2CCN(c3nc(C(C)C)no3)CC2)ncc1Br. The highest BCUT2D eigenvalue weighted by Crippen LogP contribution is 2.28. The molecule has 3 rings (SSSR count). The molecule has 6 nitrogen and oxygen atoms in total. The lowest BCUT2D eigenvalue weighted by atomic mass is 9.92. The summed E-state index contributed by atoms with van der Waals surface area (Å²) in [6.07, 6.45) is 4.00. The van der Waals surface area contributed by atoms with E-state index in [1.165, 1.54) is 0 Å². The third kappa shape index (κ3) is 4.32. The van der Waals surface area contributed by atoms with Gasteiger partial charge in [0.2, 0.25) is 5.88 Å². The highest BCUT2D eigenvalue weighted by atomic mass is 79.9. The molecule has 0 spiro atoms. The van der Waals surface area contributed by atoms with E-state index in [0.29, 0.717) is 17.8 Å². The Kier molecular flexibility index (Phi) is 5.61. The molecule has 7 heteroatoms. The highest BCUT2D eigenvalue weighted by molar-refractivity contribution is 9.10. The van der Waals surface area contributed by atoms with Crippen LogP contribution in [0.2, 0.25) is 0 Å². The summed E-state index contributed by atoms with van der Waals surface area (Å²) >= 11 is 3.47. The minimum absolute atomic E-state index is 0.129. The van der Waals surface area contributed by atoms with Gasteiger partial charge in [-0.15, -0.1) is 0 Å². The average molecular weight is 409 g/mol. The number of halogens is 1. The van der Waals surface area contributed by atoms with Crippen LogP contribution in [0.25, 0.3) is 0 Å². The summed E-state index contributed by atoms with van der Waals surface area (Å²) in [6, 6.07) is 2.61. The van der Waals surface area contributed by atoms with E-state index in [1.807, 2.05) is 13.0 Å². The first-order chi connectivity index (χ1) is 11.9. The molecular weight excluding hydrogens is 384 g/mol. The summed E-state index contributed by atoms with van der Waals surface area (Å²) in [5.41, 5.74) is 1.13. The monoisotopic (exact) mass is 408 g/mol. The van der Waals surface area contributed by atoms with E-state index < -0.39 is 0 Å². The van der Waals surface area contributed by atoms with Gasteiger partial charge in [-0.1, -0.05) is 19.0 Å². The Morgan fingerprint density at radius 2 is 2.00 bits per heavy atom. The number of piperidine rings is 1. The lowest BCUT2D eigenvalue weighted by molar-refractivity contribution is 0.126. The molecule has 1 saturated heterocycles. The lowest BCUT2D eigenvalue weighted by Crippen LogP contribution is -2.39. The van der Waals surface area contributed by atoms with Gasteiger partial charge in [0.15, 0.2) is 5.82 Å². The maximum atomic E-state index is 6.06. The van der Waals surface area contributed by atoms with Crippen molar-refractivity contribution in [1.29, 1.82) is 0 Å². The van der Waals surface area contributed by atoms with Crippen molar-refractivity contribution in [1.82, 2.24) is 15.1 Å². The number of hydrogen-bond donors (Lipinski definition) is 0. The van der Waals surface area contributed by atoms with Crippen LogP contribution in [0.3, 0.4) is 0 Å². The molecule has 2 aromatic rings. The molecule has 0 amide bonds. The summed E-state index contributed by atoms with van der Waals surface area (Å²) in [5.74, 6) is 2.24. The van der Waals surface area contributed by atoms with Crippen LogP contribution in [0.5, 0.6) is 5.88 Å². The first-order valence-corrected chi connectivity index (χ1v) is 9.60. The molecule has 3 heterocycles. The van der Waals surface area contributed by atoms with Crippen molar-refractivity contribution in [3.63, 3.8) is 0 Å². The second kappa shape index (κ2) is 7.72. The third-order valence-electron chi connectivity index (χ3n) is 4.75. The Hall–Kier alpha value is -1.63. The summed E-state index contributed by atoms with van der Waals surface area (Å²) in [4.78, 5) is 11.0. The topological polar surface area (TPSA) is 64.3 Å². The van der Waals surface area contributed by atoms with Crippen molar-refractivity contribution >= 4 is 21.9 Å². The number of pyridine rings is 1. The third-order valence-corrected chi connectivity index (χ3v) is 5.58. The molecule has 0 radical (unpaired) electrons. The summed E-state index contributed by atoms with van der Waals surface area (Å²) in [6.45, 7) is 10.1. The number of nitrogens with zero attached hydrogens (tertiary/aromatic N) is 4. The molecule has 1 atom stereocenters. The van der Waals surface area contributed by atoms with Crippen LogP contribution >= 0.6 is 15.9 Å². The predicted octanol–water partition coefficient (Wildman–Crippen LogP) is 4.34. The number of rotatable bonds is 5. The van der Waals surface area contributed by atoms with Crippen molar-refractivity contribution in [2.45, 2.75) is 52.6 Å². The fourth-order valence-corrected chi connectivity index (χ4v) is 3.23. The largest absolute Gasteiger partial charge is 0.474 e. The second-order valence-electron chi connectivity index (χ2n) is 7.01. The van der Waals surface area contributed by atoms with Crippen molar-refractivity contribution in [3.8, 4) is 5.88 Å². The Balaban J connectivity index is 1.54. The molecule has 1 fully saturated rings. The minimum atomic E-state index is 0.129. The van der Waals surface area contributed by atoms with Crippen LogP contribution < -0.4 is 9.64 Å². The van der Waals surface area contributed by atoms with E-state index in [2.05, 4.69) is 56.7 Å². The molecule has 0 aromatic carbocycles. The van der Waals surface area contributed by atoms with Crippen molar-refractivity contribution in [3.05, 3.63) is 28.1 Å². The second-order valence-corrected chi connectivity index (χ2v) is 7.86. The van der Waals surface area contributed by atoms with Gasteiger partial charge >= 0.3 is 6.01 Å². The molecule has 0 N–H and O–H groups in total. The Labute approximate surface area is 157 Å². The van der Waals surface area contributed by atoms with Crippen molar-refractivity contribution in [2.24, 2.45) is 5.92 Å². The summed E-state index contributed by atoms with van der Waals surface area (Å²) < 4.78 is 12.5. The molecule has 1 aliphatic rings. The minimum Gasteiger partial charge on any atom is -0.474 e. The van der Waals surface area contributed by atoms with Crippen LogP contribution in [-0.2, 0) is 0 Å². The zero-order valence-electron chi connectivity index (χ0n) is 15.2. The fourth-order valence-electron chi connectivity index (χ4n) is 3.01. The van der Waals surface area contributed by atoms with E-state index >= 15 is 0 Å². The zero-order valence-corrected chi connectivity index (χ0v) is 16.8. The molecule has 2 aromatic heterocycles. The number of anilines is 1. The molecule has 1 aliphatic heterocycles. The molecule has 0 saturated carbocycles. The predicted molar refractivity (Wildman–Crippen MR) is 100 cm³/mol. The molecule has 0 bridgehead atoms. The Morgan fingerprint density at radius 1 is 1.28 bits per heavy atom. The fraction of sp³-hybridized carbons (Fsp3) is 0.611. The van der Waals surface area contributed by atoms with Gasteiger partial charge in [0.1, 0.15) is 6.10 Å². The zero-order chi connectivity index (χ0) is 18.0. The number of aryl methyl sites for hydroxylation is 1. The Morgan fingerprint density at radius 3 is 2.60 bits per heavy atom. The molecular formula is C18H25BrN4O2. The smallest absolute Gasteiger partial charge is 0.324 e. The van der Waals surface area contributed by atoms with Gasteiger partial charge in [0.05, 0.1) is 0 Å². The molecule has 0 aliphatic carbocycles. The quantitative estimate of drug-likeness (QED) is 0.732. The van der Waals surface area contributed by atoms with E-state index in [-0.39, 0.29) is 12.0 Å². The van der Waals surface area contributed by atoms with Gasteiger partial charge in [0, 0.05) is 35.7 Å². The van der Waals surface area contributed by atoms with Crippen LogP contribution in [0.4, 0.5) is 6.01 Å². The first kappa shape index (κ1) is 18.2. The summed E-state index contributed by atoms with van der Waals surface area (Å²) in [7, 11) is 0. The van der Waals surface area contributed by atoms with Gasteiger partial charge in [0.25, 0.3) is 0 Å². The highest BCUT2D eigenvalue weighted by Gasteiger charge is 2.28. The first-order valence-electron chi connectivity index (χ1n) is 8.81. The van der Waals surface area contributed by atoms with E-state index in [1.54, 1.807) is 6.20 Å². The average Bonchev–Trinajstić information content (AvgIpc) is 3.09. The Bertz CT molecular complexity index is 711. The number of ether oxygens (including phenoxy) is 1. The molecule has 25 heavy (non-hydrogen) atoms. The van der Waals surface area contributed by atoms with Crippen LogP contribution in [0.15, 0.2) is 21.3 Å². The van der Waals surface area contributed by atoms with Gasteiger partial charge in [-0.05, 0) is 54.1 Å². The molecule has 0 unspecified atom stereocenters. The van der Waals surface area contributed by atoms with Crippen molar-refractivity contribution < 1.29 is 9.26 Å². The normalized spacial score (nSPS) is 17.1. The van der Waals surface area contributed by atoms with Gasteiger partial charge in [-0.3, -0.25) is 0 Å². The van der Waals surface area contributed by atoms with Crippen molar-refractivity contribution in [2.75, 3.05) is 18.0 Å². The van der Waals surface area contributed by atoms with E-state index in [9.17, 15) is 0 Å². The standard InChI is InChI=1S/C18H25BrN4O2/c1-11(2)17-21-18(25-22-17)23-7-5-14(6-8-23)13(4)24-16-9-12(3)15(19)10-20-16/h9-11,13-14H,5-8H2,1-4H3/t13-/m0/s1. The number of hydrogen-bond acceptors (Lipinski definition) is 6. The van der Waals surface area contributed by atoms with Gasteiger partial charge < -0.3 is 14.2 Å². The van der Waals surface area contributed by atoms with Crippen LogP contribution in [0.1, 0.15) is 50.9 Å². The maximum absolute atomic E-state index is 6.06. The number of aromatic nitrogens is 3. The van der Waals surface area contributed by atoms with Gasteiger partial charge in [-0.2, -0.15) is 4.98 Å². The van der Waals surface area contributed by atoms with E-state index in [4.69, 9.17) is 9.26 Å². The van der Waals surface area contributed by atoms with Crippen LogP contribution in [0, 0.1) is 12.8 Å². The van der Waals surface area contributed by atoms with Gasteiger partial charge in [-0.25, -0.2) is 4.98 Å². The maximum Gasteiger partial charge on any atom is 0.324 e. The summed E-state index contributed by atoms with van der Waals surface area (Å²) in [5, 5.41) is 4.05. The molecule has 136 valence electrons. The van der Waals surface area contributed by atoms with E-state index in [0.717, 1.165) is 41.8 Å². The van der Waals surface area contributed by atoms with Crippen LogP contribution in [-0.4, -0.2) is 34.3 Å².